The summed E-state index contributed by atoms with van der Waals surface area (Å²) in [5.41, 5.74) is 4.00. The van der Waals surface area contributed by atoms with Crippen LogP contribution in [-0.4, -0.2) is 20.3 Å². The summed E-state index contributed by atoms with van der Waals surface area (Å²) < 4.78 is 5.47. The molecule has 2 heterocycles. The first-order valence-corrected chi connectivity index (χ1v) is 14.1. The molecule has 1 aliphatic rings. The molecule has 0 spiro atoms. The van der Waals surface area contributed by atoms with Crippen LogP contribution in [0.5, 0.6) is 0 Å². The molecule has 0 radical (unpaired) electrons. The quantitative estimate of drug-likeness (QED) is 0.234. The maximum Gasteiger partial charge on any atom is 0.297 e. The van der Waals surface area contributed by atoms with E-state index in [2.05, 4.69) is 54.1 Å². The Balaban J connectivity index is 1.54. The lowest BCUT2D eigenvalue weighted by molar-refractivity contribution is 0.443. The summed E-state index contributed by atoms with van der Waals surface area (Å²) in [6, 6.07) is 24.4. The SMILES string of the molecule is Cc1c(N=c2scc(-c3cccc4ccccc34)n2N=CC2CCCCC2)c(=O)n(-c2ccccc2)n1C. The Morgan fingerprint density at radius 3 is 2.47 bits per heavy atom. The van der Waals surface area contributed by atoms with Crippen molar-refractivity contribution >= 4 is 34.0 Å². The average molecular weight is 522 g/mol. The molecule has 3 aromatic carbocycles. The zero-order valence-electron chi connectivity index (χ0n) is 21.7. The van der Waals surface area contributed by atoms with Crippen LogP contribution in [0.4, 0.5) is 5.69 Å². The molecule has 6 nitrogen and oxygen atoms in total. The van der Waals surface area contributed by atoms with Crippen LogP contribution in [0.25, 0.3) is 27.7 Å². The highest BCUT2D eigenvalue weighted by atomic mass is 32.1. The van der Waals surface area contributed by atoms with E-state index in [-0.39, 0.29) is 5.56 Å². The topological polar surface area (TPSA) is 56.6 Å². The van der Waals surface area contributed by atoms with Gasteiger partial charge in [0.1, 0.15) is 0 Å². The molecule has 2 aromatic heterocycles. The van der Waals surface area contributed by atoms with Gasteiger partial charge in [-0.05, 0) is 48.6 Å². The van der Waals surface area contributed by atoms with E-state index in [0.717, 1.165) is 22.6 Å². The van der Waals surface area contributed by atoms with Gasteiger partial charge >= 0.3 is 0 Å². The van der Waals surface area contributed by atoms with E-state index in [1.165, 1.54) is 54.2 Å². The Morgan fingerprint density at radius 2 is 1.66 bits per heavy atom. The summed E-state index contributed by atoms with van der Waals surface area (Å²) in [6.07, 6.45) is 8.24. The molecule has 1 saturated carbocycles. The molecule has 38 heavy (non-hydrogen) atoms. The van der Waals surface area contributed by atoms with E-state index >= 15 is 0 Å². The molecule has 1 aliphatic carbocycles. The molecule has 1 fully saturated rings. The number of hydrogen-bond donors (Lipinski definition) is 0. The fraction of sp³-hybridized carbons (Fsp3) is 0.258. The van der Waals surface area contributed by atoms with Gasteiger partial charge in [0.15, 0.2) is 5.69 Å². The van der Waals surface area contributed by atoms with Crippen molar-refractivity contribution in [3.8, 4) is 16.9 Å². The molecule has 6 rings (SSSR count). The molecule has 0 bridgehead atoms. The van der Waals surface area contributed by atoms with Crippen LogP contribution in [0.15, 0.2) is 93.1 Å². The lowest BCUT2D eigenvalue weighted by Crippen LogP contribution is -2.20. The van der Waals surface area contributed by atoms with Crippen LogP contribution in [0, 0.1) is 12.8 Å². The number of rotatable bonds is 5. The summed E-state index contributed by atoms with van der Waals surface area (Å²) in [5, 5.41) is 9.46. The van der Waals surface area contributed by atoms with Crippen LogP contribution in [0.2, 0.25) is 0 Å². The number of benzene rings is 3. The van der Waals surface area contributed by atoms with E-state index in [1.807, 2.05) is 53.7 Å². The van der Waals surface area contributed by atoms with Crippen LogP contribution in [-0.2, 0) is 7.05 Å². The number of para-hydroxylation sites is 1. The number of nitrogens with zero attached hydrogens (tertiary/aromatic N) is 5. The van der Waals surface area contributed by atoms with Gasteiger partial charge in [-0.15, -0.1) is 11.3 Å². The highest BCUT2D eigenvalue weighted by Gasteiger charge is 2.18. The summed E-state index contributed by atoms with van der Waals surface area (Å²) in [4.78, 5) is 19.2. The van der Waals surface area contributed by atoms with Crippen molar-refractivity contribution in [2.45, 2.75) is 39.0 Å². The minimum atomic E-state index is -0.140. The van der Waals surface area contributed by atoms with Crippen LogP contribution in [0.1, 0.15) is 37.8 Å². The Hall–Kier alpha value is -3.97. The Labute approximate surface area is 225 Å². The maximum absolute atomic E-state index is 13.6. The molecular formula is C31H31N5OS. The Kier molecular flexibility index (Phi) is 6.68. The number of hydrogen-bond acceptors (Lipinski definition) is 4. The van der Waals surface area contributed by atoms with Crippen LogP contribution in [0.3, 0.4) is 0 Å². The fourth-order valence-corrected chi connectivity index (χ4v) is 6.18. The minimum absolute atomic E-state index is 0.140. The van der Waals surface area contributed by atoms with Crippen molar-refractivity contribution < 1.29 is 0 Å². The third-order valence-corrected chi connectivity index (χ3v) is 8.34. The third-order valence-electron chi connectivity index (χ3n) is 7.52. The number of fused-ring (bicyclic) bond motifs is 1. The summed E-state index contributed by atoms with van der Waals surface area (Å²) in [6.45, 7) is 1.94. The highest BCUT2D eigenvalue weighted by molar-refractivity contribution is 7.07. The van der Waals surface area contributed by atoms with Gasteiger partial charge in [0.25, 0.3) is 5.56 Å². The second-order valence-corrected chi connectivity index (χ2v) is 10.8. The predicted molar refractivity (Wildman–Crippen MR) is 157 cm³/mol. The van der Waals surface area contributed by atoms with Gasteiger partial charge in [-0.25, -0.2) is 14.4 Å². The maximum atomic E-state index is 13.6. The van der Waals surface area contributed by atoms with Crippen molar-refractivity contribution in [2.75, 3.05) is 0 Å². The molecule has 0 N–H and O–H groups in total. The third kappa shape index (κ3) is 4.47. The summed E-state index contributed by atoms with van der Waals surface area (Å²) >= 11 is 1.51. The monoisotopic (exact) mass is 521 g/mol. The van der Waals surface area contributed by atoms with Crippen LogP contribution >= 0.6 is 11.3 Å². The standard InChI is InChI=1S/C31H31N5OS/c1-22-29(30(37)36(34(22)2)25-16-7-4-8-17-25)33-31-35(32-20-23-12-5-3-6-13-23)28(21-38-31)27-19-11-15-24-14-9-10-18-26(24)27/h4,7-11,14-21,23H,3,5-6,12-13H2,1-2H3. The van der Waals surface area contributed by atoms with Gasteiger partial charge in [0, 0.05) is 24.2 Å². The summed E-state index contributed by atoms with van der Waals surface area (Å²) in [5.74, 6) is 0.470. The molecule has 0 aliphatic heterocycles. The van der Waals surface area contributed by atoms with E-state index in [4.69, 9.17) is 10.1 Å². The van der Waals surface area contributed by atoms with E-state index in [1.54, 1.807) is 4.68 Å². The fourth-order valence-electron chi connectivity index (χ4n) is 5.35. The predicted octanol–water partition coefficient (Wildman–Crippen LogP) is 6.81. The van der Waals surface area contributed by atoms with E-state index in [9.17, 15) is 4.79 Å². The van der Waals surface area contributed by atoms with Crippen molar-refractivity contribution in [1.29, 1.82) is 0 Å². The molecule has 0 unspecified atom stereocenters. The van der Waals surface area contributed by atoms with Crippen molar-refractivity contribution in [2.24, 2.45) is 23.1 Å². The minimum Gasteiger partial charge on any atom is -0.283 e. The zero-order valence-corrected chi connectivity index (χ0v) is 22.6. The first kappa shape index (κ1) is 24.4. The highest BCUT2D eigenvalue weighted by Crippen LogP contribution is 2.30. The van der Waals surface area contributed by atoms with Gasteiger partial charge in [0.2, 0.25) is 4.80 Å². The van der Waals surface area contributed by atoms with E-state index < -0.39 is 0 Å². The Bertz CT molecular complexity index is 1740. The molecule has 0 atom stereocenters. The second-order valence-electron chi connectivity index (χ2n) is 9.93. The second kappa shape index (κ2) is 10.4. The van der Waals surface area contributed by atoms with E-state index in [0.29, 0.717) is 16.4 Å². The summed E-state index contributed by atoms with van der Waals surface area (Å²) in [7, 11) is 1.90. The first-order chi connectivity index (χ1) is 18.6. The van der Waals surface area contributed by atoms with Gasteiger partial charge in [-0.1, -0.05) is 79.9 Å². The number of aromatic nitrogens is 3. The van der Waals surface area contributed by atoms with Gasteiger partial charge < -0.3 is 0 Å². The lowest BCUT2D eigenvalue weighted by atomic mass is 9.90. The van der Waals surface area contributed by atoms with Crippen molar-refractivity contribution in [3.63, 3.8) is 0 Å². The number of thiazole rings is 1. The van der Waals surface area contributed by atoms with Gasteiger partial charge in [-0.2, -0.15) is 5.10 Å². The average Bonchev–Trinajstić information content (AvgIpc) is 3.45. The smallest absolute Gasteiger partial charge is 0.283 e. The van der Waals surface area contributed by atoms with Crippen molar-refractivity contribution in [3.05, 3.63) is 99.0 Å². The largest absolute Gasteiger partial charge is 0.297 e. The molecule has 7 heteroatoms. The van der Waals surface area contributed by atoms with Crippen LogP contribution < -0.4 is 10.4 Å². The molecule has 0 saturated heterocycles. The van der Waals surface area contributed by atoms with Gasteiger partial charge in [-0.3, -0.25) is 9.48 Å². The molecule has 192 valence electrons. The molecule has 0 amide bonds. The normalized spacial score (nSPS) is 15.2. The van der Waals surface area contributed by atoms with Gasteiger partial charge in [0.05, 0.1) is 17.1 Å². The lowest BCUT2D eigenvalue weighted by Gasteiger charge is -2.17. The molecule has 5 aromatic rings. The molecular weight excluding hydrogens is 490 g/mol. The Morgan fingerprint density at radius 1 is 0.921 bits per heavy atom. The zero-order chi connectivity index (χ0) is 26.1. The first-order valence-electron chi connectivity index (χ1n) is 13.2. The van der Waals surface area contributed by atoms with Crippen molar-refractivity contribution in [1.82, 2.24) is 14.0 Å².